The van der Waals surface area contributed by atoms with E-state index in [1.165, 1.54) is 45.2 Å². The number of fused-ring (bicyclic) bond motifs is 1. The van der Waals surface area contributed by atoms with Crippen LogP contribution >= 0.6 is 15.9 Å². The molecule has 1 saturated heterocycles. The van der Waals surface area contributed by atoms with E-state index in [1.807, 2.05) is 6.07 Å². The van der Waals surface area contributed by atoms with Gasteiger partial charge < -0.3 is 14.6 Å². The van der Waals surface area contributed by atoms with Crippen molar-refractivity contribution in [3.05, 3.63) is 22.5 Å². The molecule has 0 bridgehead atoms. The largest absolute Gasteiger partial charge is 0.444 e. The van der Waals surface area contributed by atoms with Crippen molar-refractivity contribution >= 4 is 32.7 Å². The summed E-state index contributed by atoms with van der Waals surface area (Å²) in [6.45, 7) is 2.35. The second-order valence-electron chi connectivity index (χ2n) is 7.17. The van der Waals surface area contributed by atoms with E-state index < -0.39 is 0 Å². The molecule has 3 heterocycles. The summed E-state index contributed by atoms with van der Waals surface area (Å²) in [5, 5.41) is 13.5. The number of hydrogen-bond acceptors (Lipinski definition) is 5. The van der Waals surface area contributed by atoms with Gasteiger partial charge in [0.1, 0.15) is 11.9 Å². The highest BCUT2D eigenvalue weighted by molar-refractivity contribution is 9.10. The average Bonchev–Trinajstić information content (AvgIpc) is 3.10. The maximum Gasteiger partial charge on any atom is 0.204 e. The molecule has 1 aliphatic heterocycles. The van der Waals surface area contributed by atoms with Gasteiger partial charge in [0.15, 0.2) is 5.58 Å². The standard InChI is InChI=1S/C19H23BrN4O/c20-18-16-10-15(11-21)25-17(16)12-22-19(18)23-13-6-8-24(9-7-13)14-4-2-1-3-5-14/h10,12-14H,1-9H2,(H,22,23). The van der Waals surface area contributed by atoms with Gasteiger partial charge in [-0.3, -0.25) is 0 Å². The monoisotopic (exact) mass is 402 g/mol. The van der Waals surface area contributed by atoms with Crippen molar-refractivity contribution in [2.24, 2.45) is 0 Å². The first-order chi connectivity index (χ1) is 12.2. The molecule has 1 N–H and O–H groups in total. The van der Waals surface area contributed by atoms with Crippen molar-refractivity contribution in [3.63, 3.8) is 0 Å². The third-order valence-electron chi connectivity index (χ3n) is 5.59. The van der Waals surface area contributed by atoms with Crippen molar-refractivity contribution in [2.45, 2.75) is 57.0 Å². The van der Waals surface area contributed by atoms with Gasteiger partial charge in [-0.25, -0.2) is 4.98 Å². The minimum Gasteiger partial charge on any atom is -0.444 e. The van der Waals surface area contributed by atoms with Crippen LogP contribution in [0, 0.1) is 11.3 Å². The van der Waals surface area contributed by atoms with E-state index in [-0.39, 0.29) is 0 Å². The summed E-state index contributed by atoms with van der Waals surface area (Å²) in [6.07, 6.45) is 11.0. The lowest BCUT2D eigenvalue weighted by Gasteiger charge is -2.39. The lowest BCUT2D eigenvalue weighted by atomic mass is 9.92. The van der Waals surface area contributed by atoms with Gasteiger partial charge in [0, 0.05) is 36.6 Å². The molecule has 25 heavy (non-hydrogen) atoms. The van der Waals surface area contributed by atoms with E-state index in [9.17, 15) is 0 Å². The Kier molecular flexibility index (Phi) is 4.96. The molecule has 1 aliphatic carbocycles. The van der Waals surface area contributed by atoms with E-state index in [0.29, 0.717) is 17.4 Å². The molecule has 6 heteroatoms. The van der Waals surface area contributed by atoms with E-state index in [4.69, 9.17) is 9.68 Å². The lowest BCUT2D eigenvalue weighted by molar-refractivity contribution is 0.126. The summed E-state index contributed by atoms with van der Waals surface area (Å²) in [7, 11) is 0. The summed E-state index contributed by atoms with van der Waals surface area (Å²) in [5.41, 5.74) is 0.640. The maximum absolute atomic E-state index is 8.99. The molecule has 1 saturated carbocycles. The van der Waals surface area contributed by atoms with Gasteiger partial charge in [-0.15, -0.1) is 0 Å². The van der Waals surface area contributed by atoms with Crippen molar-refractivity contribution < 1.29 is 4.42 Å². The third kappa shape index (κ3) is 3.54. The van der Waals surface area contributed by atoms with Gasteiger partial charge in [-0.05, 0) is 41.6 Å². The molecule has 4 rings (SSSR count). The fraction of sp³-hybridized carbons (Fsp3) is 0.579. The predicted molar refractivity (Wildman–Crippen MR) is 102 cm³/mol. The smallest absolute Gasteiger partial charge is 0.204 e. The zero-order chi connectivity index (χ0) is 17.2. The molecule has 0 atom stereocenters. The molecule has 0 aromatic carbocycles. The van der Waals surface area contributed by atoms with E-state index >= 15 is 0 Å². The number of hydrogen-bond donors (Lipinski definition) is 1. The molecular weight excluding hydrogens is 380 g/mol. The van der Waals surface area contributed by atoms with Gasteiger partial charge in [-0.1, -0.05) is 19.3 Å². The molecule has 0 spiro atoms. The number of nitrogens with one attached hydrogen (secondary N) is 1. The zero-order valence-corrected chi connectivity index (χ0v) is 15.9. The molecule has 132 valence electrons. The normalized spacial score (nSPS) is 20.6. The van der Waals surface area contributed by atoms with Gasteiger partial charge in [-0.2, -0.15) is 5.26 Å². The van der Waals surface area contributed by atoms with Crippen molar-refractivity contribution in [3.8, 4) is 6.07 Å². The van der Waals surface area contributed by atoms with E-state index in [2.05, 4.69) is 31.1 Å². The fourth-order valence-electron chi connectivity index (χ4n) is 4.18. The second kappa shape index (κ2) is 7.35. The van der Waals surface area contributed by atoms with Crippen LogP contribution in [0.25, 0.3) is 11.0 Å². The summed E-state index contributed by atoms with van der Waals surface area (Å²) in [6, 6.07) is 5.06. The summed E-state index contributed by atoms with van der Waals surface area (Å²) in [5.74, 6) is 1.16. The SMILES string of the molecule is N#Cc1cc2c(Br)c(NC3CCN(C4CCCCC4)CC3)ncc2o1. The highest BCUT2D eigenvalue weighted by Gasteiger charge is 2.26. The number of rotatable bonds is 3. The summed E-state index contributed by atoms with van der Waals surface area (Å²) in [4.78, 5) is 7.18. The maximum atomic E-state index is 8.99. The second-order valence-corrected chi connectivity index (χ2v) is 7.96. The van der Waals surface area contributed by atoms with Crippen LogP contribution in [-0.4, -0.2) is 35.1 Å². The highest BCUT2D eigenvalue weighted by atomic mass is 79.9. The van der Waals surface area contributed by atoms with Gasteiger partial charge >= 0.3 is 0 Å². The van der Waals surface area contributed by atoms with Gasteiger partial charge in [0.2, 0.25) is 5.76 Å². The van der Waals surface area contributed by atoms with Crippen molar-refractivity contribution in [1.29, 1.82) is 5.26 Å². The van der Waals surface area contributed by atoms with Crippen LogP contribution in [0.4, 0.5) is 5.82 Å². The minimum absolute atomic E-state index is 0.315. The Labute approximate surface area is 156 Å². The molecule has 2 aromatic rings. The summed E-state index contributed by atoms with van der Waals surface area (Å²) < 4.78 is 6.32. The third-order valence-corrected chi connectivity index (χ3v) is 6.39. The van der Waals surface area contributed by atoms with Crippen LogP contribution in [0.5, 0.6) is 0 Å². The molecule has 0 unspecified atom stereocenters. The quantitative estimate of drug-likeness (QED) is 0.807. The molecule has 0 amide bonds. The predicted octanol–water partition coefficient (Wildman–Crippen LogP) is 4.67. The lowest BCUT2D eigenvalue weighted by Crippen LogP contribution is -2.45. The number of furan rings is 1. The molecule has 2 fully saturated rings. The number of nitriles is 1. The topological polar surface area (TPSA) is 65.1 Å². The van der Waals surface area contributed by atoms with E-state index in [0.717, 1.165) is 34.6 Å². The fourth-order valence-corrected chi connectivity index (χ4v) is 4.71. The van der Waals surface area contributed by atoms with Crippen molar-refractivity contribution in [2.75, 3.05) is 18.4 Å². The number of pyridine rings is 1. The first kappa shape index (κ1) is 16.9. The molecule has 5 nitrogen and oxygen atoms in total. The number of aromatic nitrogens is 1. The minimum atomic E-state index is 0.315. The van der Waals surface area contributed by atoms with Crippen LogP contribution in [0.15, 0.2) is 21.2 Å². The van der Waals surface area contributed by atoms with Crippen LogP contribution in [-0.2, 0) is 0 Å². The molecule has 2 aliphatic rings. The Morgan fingerprint density at radius 3 is 2.68 bits per heavy atom. The Hall–Kier alpha value is -1.58. The Bertz CT molecular complexity index is 783. The Morgan fingerprint density at radius 1 is 1.20 bits per heavy atom. The van der Waals surface area contributed by atoms with Crippen LogP contribution in [0.1, 0.15) is 50.7 Å². The number of likely N-dealkylation sites (tertiary alicyclic amines) is 1. The van der Waals surface area contributed by atoms with Crippen LogP contribution in [0.2, 0.25) is 0 Å². The van der Waals surface area contributed by atoms with Crippen LogP contribution < -0.4 is 5.32 Å². The molecular formula is C19H23BrN4O. The van der Waals surface area contributed by atoms with Crippen LogP contribution in [0.3, 0.4) is 0 Å². The molecule has 0 radical (unpaired) electrons. The number of piperidine rings is 1. The summed E-state index contributed by atoms with van der Waals surface area (Å²) >= 11 is 3.62. The first-order valence-electron chi connectivity index (χ1n) is 9.23. The Balaban J connectivity index is 1.40. The average molecular weight is 403 g/mol. The Morgan fingerprint density at radius 2 is 1.96 bits per heavy atom. The molecule has 2 aromatic heterocycles. The van der Waals surface area contributed by atoms with Gasteiger partial charge in [0.25, 0.3) is 0 Å². The zero-order valence-electron chi connectivity index (χ0n) is 14.3. The number of anilines is 1. The number of halogens is 1. The number of nitrogens with zero attached hydrogens (tertiary/aromatic N) is 3. The van der Waals surface area contributed by atoms with Crippen molar-refractivity contribution in [1.82, 2.24) is 9.88 Å². The highest BCUT2D eigenvalue weighted by Crippen LogP contribution is 2.33. The van der Waals surface area contributed by atoms with E-state index in [1.54, 1.807) is 12.3 Å². The first-order valence-corrected chi connectivity index (χ1v) is 10.0. The van der Waals surface area contributed by atoms with Gasteiger partial charge in [0.05, 0.1) is 10.7 Å².